The monoisotopic (exact) mass is 147 g/mol. The molecule has 58 valence electrons. The molecular formula is C3H7N4O3-. The van der Waals surface area contributed by atoms with Crippen LogP contribution in [0.15, 0.2) is 0 Å². The molecule has 1 unspecified atom stereocenters. The van der Waals surface area contributed by atoms with Crippen molar-refractivity contribution in [2.24, 2.45) is 5.73 Å². The van der Waals surface area contributed by atoms with Gasteiger partial charge in [-0.1, -0.05) is 0 Å². The van der Waals surface area contributed by atoms with Crippen molar-refractivity contribution in [2.45, 2.75) is 6.04 Å². The maximum absolute atomic E-state index is 9.65. The van der Waals surface area contributed by atoms with Crippen LogP contribution >= 0.6 is 0 Å². The summed E-state index contributed by atoms with van der Waals surface area (Å²) in [6.07, 6.45) is 0. The number of aliphatic carboxylic acids is 1. The molecule has 0 aliphatic carbocycles. The lowest BCUT2D eigenvalue weighted by molar-refractivity contribution is -0.139. The summed E-state index contributed by atoms with van der Waals surface area (Å²) in [7, 11) is 0. The van der Waals surface area contributed by atoms with Crippen LogP contribution in [0.2, 0.25) is 0 Å². The van der Waals surface area contributed by atoms with Gasteiger partial charge in [0, 0.05) is 0 Å². The topological polar surface area (TPSA) is 142 Å². The fraction of sp³-hybridized carbons (Fsp3) is 0.667. The van der Waals surface area contributed by atoms with Gasteiger partial charge in [-0.15, -0.1) is 0 Å². The van der Waals surface area contributed by atoms with Crippen molar-refractivity contribution in [3.05, 3.63) is 16.0 Å². The van der Waals surface area contributed by atoms with Crippen LogP contribution < -0.4 is 5.73 Å². The van der Waals surface area contributed by atoms with E-state index in [1.807, 2.05) is 0 Å². The quantitative estimate of drug-likeness (QED) is 0.268. The zero-order valence-corrected chi connectivity index (χ0v) is 5.01. The molecule has 0 spiro atoms. The second-order valence-electron chi connectivity index (χ2n) is 1.22. The molecule has 0 aromatic carbocycles. The molecule has 0 rings (SSSR count). The van der Waals surface area contributed by atoms with Gasteiger partial charge in [0.2, 0.25) is 0 Å². The van der Waals surface area contributed by atoms with Gasteiger partial charge in [0.1, 0.15) is 6.04 Å². The highest BCUT2D eigenvalue weighted by Gasteiger charge is 2.06. The predicted octanol–water partition coefficient (Wildman–Crippen LogP) is -0.743. The molecule has 0 aliphatic rings. The predicted molar refractivity (Wildman–Crippen MR) is 32.8 cm³/mol. The fourth-order valence-corrected chi connectivity index (χ4v) is 0.0781. The number of carboxylic acids is 1. The summed E-state index contributed by atoms with van der Waals surface area (Å²) in [6, 6.07) is -1.13. The number of aliphatic hydroxyl groups excluding tert-OH is 1. The highest BCUT2D eigenvalue weighted by Crippen LogP contribution is 1.71. The Labute approximate surface area is 56.5 Å². The summed E-state index contributed by atoms with van der Waals surface area (Å²) in [5.74, 6) is -1.18. The Bertz CT molecular complexity index is 130. The summed E-state index contributed by atoms with van der Waals surface area (Å²) in [4.78, 5) is 11.1. The van der Waals surface area contributed by atoms with Crippen LogP contribution in [-0.2, 0) is 4.79 Å². The Morgan fingerprint density at radius 2 is 2.00 bits per heavy atom. The molecule has 10 heavy (non-hydrogen) atoms. The first-order valence-electron chi connectivity index (χ1n) is 2.17. The molecule has 0 radical (unpaired) electrons. The second-order valence-corrected chi connectivity index (χ2v) is 1.22. The van der Waals surface area contributed by atoms with Gasteiger partial charge < -0.3 is 27.0 Å². The molecule has 0 heterocycles. The van der Waals surface area contributed by atoms with Gasteiger partial charge in [-0.2, -0.15) is 0 Å². The Balaban J connectivity index is 0. The first kappa shape index (κ1) is 11.5. The molecule has 0 aromatic heterocycles. The van der Waals surface area contributed by atoms with Crippen molar-refractivity contribution in [3.63, 3.8) is 0 Å². The molecule has 0 saturated carbocycles. The Morgan fingerprint density at radius 3 is 2.00 bits per heavy atom. The Hall–Kier alpha value is -1.30. The lowest BCUT2D eigenvalue weighted by Gasteiger charge is -1.96. The molecule has 0 amide bonds. The van der Waals surface area contributed by atoms with Crippen LogP contribution in [0.4, 0.5) is 0 Å². The molecule has 0 aromatic rings. The Morgan fingerprint density at radius 1 is 1.70 bits per heavy atom. The average molecular weight is 147 g/mol. The number of nitrogens with zero attached hydrogens (tertiary/aromatic N) is 3. The number of carbonyl (C=O) groups is 1. The van der Waals surface area contributed by atoms with E-state index in [0.29, 0.717) is 0 Å². The van der Waals surface area contributed by atoms with Crippen molar-refractivity contribution in [3.8, 4) is 0 Å². The summed E-state index contributed by atoms with van der Waals surface area (Å²) >= 11 is 0. The molecule has 0 saturated heterocycles. The second kappa shape index (κ2) is 7.70. The minimum atomic E-state index is -1.18. The molecule has 1 atom stereocenters. The van der Waals surface area contributed by atoms with Crippen LogP contribution in [0.25, 0.3) is 16.0 Å². The van der Waals surface area contributed by atoms with E-state index >= 15 is 0 Å². The number of hydrogen-bond acceptors (Lipinski definition) is 3. The first-order chi connectivity index (χ1) is 4.59. The van der Waals surface area contributed by atoms with Crippen LogP contribution in [0, 0.1) is 0 Å². The van der Waals surface area contributed by atoms with Gasteiger partial charge in [-0.05, 0) is 0 Å². The van der Waals surface area contributed by atoms with E-state index in [-0.39, 0.29) is 0 Å². The third kappa shape index (κ3) is 9.85. The molecule has 4 N–H and O–H groups in total. The number of aliphatic hydroxyl groups is 1. The van der Waals surface area contributed by atoms with Gasteiger partial charge in [-0.25, -0.2) is 0 Å². The minimum Gasteiger partial charge on any atom is -0.480 e. The number of rotatable bonds is 2. The molecule has 7 nitrogen and oxygen atoms in total. The van der Waals surface area contributed by atoms with Crippen LogP contribution in [0.3, 0.4) is 0 Å². The van der Waals surface area contributed by atoms with E-state index in [1.165, 1.54) is 4.91 Å². The molecule has 7 heteroatoms. The summed E-state index contributed by atoms with van der Waals surface area (Å²) < 4.78 is 0. The third-order valence-corrected chi connectivity index (χ3v) is 0.514. The van der Waals surface area contributed by atoms with Crippen molar-refractivity contribution in [2.75, 3.05) is 6.61 Å². The first-order valence-corrected chi connectivity index (χ1v) is 2.17. The lowest BCUT2D eigenvalue weighted by atomic mass is 10.3. The number of nitrogens with two attached hydrogens (primary N) is 1. The highest BCUT2D eigenvalue weighted by molar-refractivity contribution is 5.73. The zero-order chi connectivity index (χ0) is 8.57. The smallest absolute Gasteiger partial charge is 0.322 e. The number of carboxylic acid groups (broad SMARTS) is 1. The molecule has 0 aliphatic heterocycles. The van der Waals surface area contributed by atoms with E-state index in [4.69, 9.17) is 27.0 Å². The van der Waals surface area contributed by atoms with Crippen molar-refractivity contribution in [1.82, 2.24) is 0 Å². The highest BCUT2D eigenvalue weighted by atomic mass is 16.4. The SMILES string of the molecule is NC(CO)C(=O)O.[N-]=[N+]=[N-]. The van der Waals surface area contributed by atoms with Crippen molar-refractivity contribution < 1.29 is 15.0 Å². The maximum Gasteiger partial charge on any atom is 0.322 e. The van der Waals surface area contributed by atoms with E-state index in [9.17, 15) is 4.79 Å². The molecule has 0 bridgehead atoms. The molecule has 0 fully saturated rings. The lowest BCUT2D eigenvalue weighted by Crippen LogP contribution is -2.33. The maximum atomic E-state index is 9.65. The zero-order valence-electron chi connectivity index (χ0n) is 5.01. The van der Waals surface area contributed by atoms with Crippen LogP contribution in [0.5, 0.6) is 0 Å². The largest absolute Gasteiger partial charge is 0.480 e. The van der Waals surface area contributed by atoms with Crippen LogP contribution in [0.1, 0.15) is 0 Å². The van der Waals surface area contributed by atoms with Crippen molar-refractivity contribution in [1.29, 1.82) is 0 Å². The minimum absolute atomic E-state index is 0.505. The summed E-state index contributed by atoms with van der Waals surface area (Å²) in [6.45, 7) is -0.505. The van der Waals surface area contributed by atoms with E-state index < -0.39 is 18.6 Å². The van der Waals surface area contributed by atoms with Gasteiger partial charge in [0.15, 0.2) is 0 Å². The summed E-state index contributed by atoms with van der Waals surface area (Å²) in [5, 5.41) is 15.9. The summed E-state index contributed by atoms with van der Waals surface area (Å²) in [5.41, 5.74) is 18.3. The Kier molecular flexibility index (Phi) is 8.85. The van der Waals surface area contributed by atoms with E-state index in [1.54, 1.807) is 0 Å². The van der Waals surface area contributed by atoms with Gasteiger partial charge in [0.05, 0.1) is 6.61 Å². The average Bonchev–Trinajstić information content (AvgIpc) is 1.88. The van der Waals surface area contributed by atoms with Gasteiger partial charge >= 0.3 is 5.97 Å². The molecular weight excluding hydrogens is 140 g/mol. The van der Waals surface area contributed by atoms with Gasteiger partial charge in [0.25, 0.3) is 0 Å². The number of hydrogen-bond donors (Lipinski definition) is 3. The van der Waals surface area contributed by atoms with Crippen LogP contribution in [-0.4, -0.2) is 28.8 Å². The van der Waals surface area contributed by atoms with E-state index in [0.717, 1.165) is 0 Å². The van der Waals surface area contributed by atoms with Crippen molar-refractivity contribution >= 4 is 5.97 Å². The standard InChI is InChI=1S/C3H7NO3.N3/c4-2(1-5)3(6)7;1-3-2/h2,5H,1,4H2,(H,6,7);/q;-1. The third-order valence-electron chi connectivity index (χ3n) is 0.514. The normalized spacial score (nSPS) is 10.2. The van der Waals surface area contributed by atoms with Gasteiger partial charge in [-0.3, -0.25) is 9.71 Å². The van der Waals surface area contributed by atoms with E-state index in [2.05, 4.69) is 0 Å². The fourth-order valence-electron chi connectivity index (χ4n) is 0.0781.